The van der Waals surface area contributed by atoms with Gasteiger partial charge in [0.25, 0.3) is 0 Å². The van der Waals surface area contributed by atoms with Crippen molar-refractivity contribution in [3.8, 4) is 0 Å². The summed E-state index contributed by atoms with van der Waals surface area (Å²) in [6.45, 7) is 5.66. The molecule has 5 heteroatoms. The molecule has 2 aromatic rings. The molecule has 3 N–H and O–H groups in total. The summed E-state index contributed by atoms with van der Waals surface area (Å²) in [5.74, 6) is 1.38. The second kappa shape index (κ2) is 5.21. The number of likely N-dealkylation sites (tertiary alicyclic amines) is 1. The van der Waals surface area contributed by atoms with Gasteiger partial charge in [-0.15, -0.1) is 0 Å². The largest absolute Gasteiger partial charge is 0.391 e. The number of aliphatic hydroxyl groups is 1. The van der Waals surface area contributed by atoms with Crippen LogP contribution in [0.3, 0.4) is 0 Å². The molecule has 1 aliphatic heterocycles. The molecular weight excluding hydrogens is 288 g/mol. The van der Waals surface area contributed by atoms with Crippen molar-refractivity contribution < 1.29 is 5.11 Å². The molecule has 4 atom stereocenters. The van der Waals surface area contributed by atoms with E-state index in [2.05, 4.69) is 41.1 Å². The molecule has 0 radical (unpaired) electrons. The minimum absolute atomic E-state index is 0.0745. The van der Waals surface area contributed by atoms with Crippen molar-refractivity contribution in [2.24, 2.45) is 11.3 Å². The molecule has 5 nitrogen and oxygen atoms in total. The zero-order valence-electron chi connectivity index (χ0n) is 14.1. The first-order chi connectivity index (χ1) is 11.0. The Labute approximate surface area is 137 Å². The number of aliphatic hydroxyl groups excluding tert-OH is 1. The Hall–Kier alpha value is -1.59. The van der Waals surface area contributed by atoms with E-state index < -0.39 is 0 Å². The van der Waals surface area contributed by atoms with Gasteiger partial charge in [0.15, 0.2) is 0 Å². The van der Waals surface area contributed by atoms with Crippen molar-refractivity contribution in [1.29, 1.82) is 0 Å². The summed E-state index contributed by atoms with van der Waals surface area (Å²) in [7, 11) is 2.20. The van der Waals surface area contributed by atoms with E-state index >= 15 is 0 Å². The van der Waals surface area contributed by atoms with E-state index in [-0.39, 0.29) is 17.6 Å². The van der Waals surface area contributed by atoms with Gasteiger partial charge in [0.05, 0.1) is 23.2 Å². The van der Waals surface area contributed by atoms with E-state index in [9.17, 15) is 5.11 Å². The number of fused-ring (bicyclic) bond motifs is 1. The number of hydrogen-bond donors (Lipinski definition) is 3. The van der Waals surface area contributed by atoms with Gasteiger partial charge in [-0.1, -0.05) is 26.0 Å². The standard InChI is InChI=1S/C18H26N4O/c1-11(2)16-18(10-22(16)3)8-14(15(23)9-18)21-17-19-12-6-4-5-7-13(12)20-17/h4-7,11,14-16,23H,8-10H2,1-3H3,(H2,19,20,21)/t14-,15-,16?,18?/m1/s1. The van der Waals surface area contributed by atoms with Crippen LogP contribution in [0.25, 0.3) is 11.0 Å². The summed E-state index contributed by atoms with van der Waals surface area (Å²) < 4.78 is 0. The summed E-state index contributed by atoms with van der Waals surface area (Å²) in [5.41, 5.74) is 2.24. The third-order valence-corrected chi connectivity index (χ3v) is 5.72. The molecule has 4 rings (SSSR count). The van der Waals surface area contributed by atoms with Crippen LogP contribution in [-0.4, -0.2) is 51.8 Å². The Morgan fingerprint density at radius 2 is 2.13 bits per heavy atom. The van der Waals surface area contributed by atoms with Crippen LogP contribution in [0, 0.1) is 11.3 Å². The molecule has 1 saturated carbocycles. The van der Waals surface area contributed by atoms with Crippen molar-refractivity contribution in [1.82, 2.24) is 14.9 Å². The SMILES string of the molecule is CC(C)C1N(C)CC12C[C@@H](O)[C@H](Nc1nc3ccccc3[nH]1)C2. The van der Waals surface area contributed by atoms with Gasteiger partial charge >= 0.3 is 0 Å². The molecule has 124 valence electrons. The number of aromatic nitrogens is 2. The first-order valence-corrected chi connectivity index (χ1v) is 8.58. The fraction of sp³-hybridized carbons (Fsp3) is 0.611. The summed E-state index contributed by atoms with van der Waals surface area (Å²) in [6, 6.07) is 8.66. The number of hydrogen-bond acceptors (Lipinski definition) is 4. The Balaban J connectivity index is 1.52. The summed E-state index contributed by atoms with van der Waals surface area (Å²) in [4.78, 5) is 10.3. The molecule has 0 amide bonds. The van der Waals surface area contributed by atoms with Gasteiger partial charge in [0.2, 0.25) is 5.95 Å². The lowest BCUT2D eigenvalue weighted by Gasteiger charge is -2.57. The number of anilines is 1. The molecule has 1 saturated heterocycles. The van der Waals surface area contributed by atoms with E-state index in [1.807, 2.05) is 24.3 Å². The molecule has 0 bridgehead atoms. The van der Waals surface area contributed by atoms with Crippen LogP contribution >= 0.6 is 0 Å². The summed E-state index contributed by atoms with van der Waals surface area (Å²) >= 11 is 0. The predicted molar refractivity (Wildman–Crippen MR) is 92.4 cm³/mol. The topological polar surface area (TPSA) is 64.2 Å². The van der Waals surface area contributed by atoms with Gasteiger partial charge in [0.1, 0.15) is 0 Å². The number of nitrogens with zero attached hydrogens (tertiary/aromatic N) is 2. The molecule has 1 aromatic heterocycles. The third kappa shape index (κ3) is 2.34. The number of imidazole rings is 1. The molecule has 1 aromatic carbocycles. The zero-order chi connectivity index (χ0) is 16.2. The van der Waals surface area contributed by atoms with Gasteiger partial charge in [-0.2, -0.15) is 0 Å². The van der Waals surface area contributed by atoms with Gasteiger partial charge in [-0.05, 0) is 37.9 Å². The lowest BCUT2D eigenvalue weighted by Crippen LogP contribution is -2.64. The highest BCUT2D eigenvalue weighted by Gasteiger charge is 2.58. The molecule has 2 fully saturated rings. The lowest BCUT2D eigenvalue weighted by atomic mass is 9.66. The van der Waals surface area contributed by atoms with Gasteiger partial charge in [0, 0.05) is 18.0 Å². The molecule has 23 heavy (non-hydrogen) atoms. The smallest absolute Gasteiger partial charge is 0.201 e. The second-order valence-corrected chi connectivity index (χ2v) is 7.80. The molecule has 1 aliphatic carbocycles. The van der Waals surface area contributed by atoms with E-state index in [4.69, 9.17) is 0 Å². The van der Waals surface area contributed by atoms with Crippen LogP contribution in [0.1, 0.15) is 26.7 Å². The predicted octanol–water partition coefficient (Wildman–Crippen LogP) is 2.45. The van der Waals surface area contributed by atoms with Crippen molar-refractivity contribution in [3.63, 3.8) is 0 Å². The van der Waals surface area contributed by atoms with Crippen LogP contribution in [0.5, 0.6) is 0 Å². The minimum Gasteiger partial charge on any atom is -0.391 e. The minimum atomic E-state index is -0.307. The highest BCUT2D eigenvalue weighted by molar-refractivity contribution is 5.77. The molecule has 2 unspecified atom stereocenters. The van der Waals surface area contributed by atoms with Gasteiger partial charge in [-0.3, -0.25) is 0 Å². The number of rotatable bonds is 3. The maximum absolute atomic E-state index is 10.6. The monoisotopic (exact) mass is 314 g/mol. The second-order valence-electron chi connectivity index (χ2n) is 7.80. The van der Waals surface area contributed by atoms with E-state index in [0.717, 1.165) is 36.4 Å². The van der Waals surface area contributed by atoms with Crippen LogP contribution < -0.4 is 5.32 Å². The van der Waals surface area contributed by atoms with Gasteiger partial charge < -0.3 is 20.3 Å². The maximum atomic E-state index is 10.6. The summed E-state index contributed by atoms with van der Waals surface area (Å²) in [5, 5.41) is 14.0. The van der Waals surface area contributed by atoms with Crippen LogP contribution in [0.15, 0.2) is 24.3 Å². The van der Waals surface area contributed by atoms with Crippen molar-refractivity contribution in [2.75, 3.05) is 18.9 Å². The molecular formula is C18H26N4O. The van der Waals surface area contributed by atoms with Crippen LogP contribution in [0.2, 0.25) is 0 Å². The first-order valence-electron chi connectivity index (χ1n) is 8.58. The Kier molecular flexibility index (Phi) is 3.39. The number of para-hydroxylation sites is 2. The highest BCUT2D eigenvalue weighted by Crippen LogP contribution is 2.52. The Bertz CT molecular complexity index is 674. The van der Waals surface area contributed by atoms with E-state index in [0.29, 0.717) is 12.0 Å². The van der Waals surface area contributed by atoms with Crippen LogP contribution in [-0.2, 0) is 0 Å². The fourth-order valence-electron chi connectivity index (χ4n) is 5.19. The number of benzene rings is 1. The third-order valence-electron chi connectivity index (χ3n) is 5.72. The lowest BCUT2D eigenvalue weighted by molar-refractivity contribution is -0.0825. The number of nitrogens with one attached hydrogen (secondary N) is 2. The van der Waals surface area contributed by atoms with Gasteiger partial charge in [-0.25, -0.2) is 4.98 Å². The summed E-state index contributed by atoms with van der Waals surface area (Å²) in [6.07, 6.45) is 1.59. The molecule has 2 heterocycles. The van der Waals surface area contributed by atoms with Crippen molar-refractivity contribution in [2.45, 2.75) is 44.9 Å². The fourth-order valence-corrected chi connectivity index (χ4v) is 5.19. The number of H-pyrrole nitrogens is 1. The average Bonchev–Trinajstić information content (AvgIpc) is 3.00. The highest BCUT2D eigenvalue weighted by atomic mass is 16.3. The normalized spacial score (nSPS) is 34.4. The zero-order valence-corrected chi connectivity index (χ0v) is 14.1. The first kappa shape index (κ1) is 15.0. The Morgan fingerprint density at radius 3 is 2.83 bits per heavy atom. The Morgan fingerprint density at radius 1 is 1.35 bits per heavy atom. The van der Waals surface area contributed by atoms with Crippen LogP contribution in [0.4, 0.5) is 5.95 Å². The van der Waals surface area contributed by atoms with E-state index in [1.165, 1.54) is 0 Å². The maximum Gasteiger partial charge on any atom is 0.201 e. The van der Waals surface area contributed by atoms with Crippen molar-refractivity contribution in [3.05, 3.63) is 24.3 Å². The molecule has 2 aliphatic rings. The van der Waals surface area contributed by atoms with E-state index in [1.54, 1.807) is 0 Å². The quantitative estimate of drug-likeness (QED) is 0.814. The molecule has 1 spiro atoms. The number of aromatic amines is 1. The average molecular weight is 314 g/mol. The van der Waals surface area contributed by atoms with Crippen molar-refractivity contribution >= 4 is 17.0 Å².